The summed E-state index contributed by atoms with van der Waals surface area (Å²) in [6.45, 7) is 1.63. The molecule has 1 atom stereocenters. The second-order valence-corrected chi connectivity index (χ2v) is 5.07. The minimum Gasteiger partial charge on any atom is -0.352 e. The van der Waals surface area contributed by atoms with E-state index < -0.39 is 11.9 Å². The van der Waals surface area contributed by atoms with Crippen LogP contribution in [0.15, 0.2) is 12.1 Å². The summed E-state index contributed by atoms with van der Waals surface area (Å²) in [5, 5.41) is 5.56. The summed E-state index contributed by atoms with van der Waals surface area (Å²) in [6.07, 6.45) is 2.00. The Kier molecular flexibility index (Phi) is 4.41. The third-order valence-electron chi connectivity index (χ3n) is 2.87. The van der Waals surface area contributed by atoms with Gasteiger partial charge in [-0.1, -0.05) is 11.6 Å². The van der Waals surface area contributed by atoms with E-state index >= 15 is 0 Å². The SMILES string of the molecule is CC(NC(=O)c1cc(Cl)nc(NN)c1)C(=O)NC1CC1. The van der Waals surface area contributed by atoms with Gasteiger partial charge >= 0.3 is 0 Å². The van der Waals surface area contributed by atoms with Gasteiger partial charge in [0.1, 0.15) is 17.0 Å². The van der Waals surface area contributed by atoms with Crippen LogP contribution in [0.4, 0.5) is 5.82 Å². The number of nitrogens with one attached hydrogen (secondary N) is 3. The number of hydrogen-bond donors (Lipinski definition) is 4. The molecule has 1 aromatic rings. The Balaban J connectivity index is 1.99. The number of nitrogens with zero attached hydrogens (tertiary/aromatic N) is 1. The zero-order chi connectivity index (χ0) is 14.7. The first-order valence-corrected chi connectivity index (χ1v) is 6.63. The number of aromatic nitrogens is 1. The zero-order valence-electron chi connectivity index (χ0n) is 10.9. The maximum Gasteiger partial charge on any atom is 0.252 e. The number of hydrazine groups is 1. The van der Waals surface area contributed by atoms with Crippen molar-refractivity contribution >= 4 is 29.2 Å². The van der Waals surface area contributed by atoms with E-state index in [0.717, 1.165) is 12.8 Å². The van der Waals surface area contributed by atoms with E-state index in [4.69, 9.17) is 17.4 Å². The van der Waals surface area contributed by atoms with Crippen LogP contribution >= 0.6 is 11.6 Å². The first-order valence-electron chi connectivity index (χ1n) is 6.25. The predicted molar refractivity (Wildman–Crippen MR) is 75.2 cm³/mol. The van der Waals surface area contributed by atoms with Gasteiger partial charge in [0.05, 0.1) is 0 Å². The number of nitrogen functional groups attached to an aromatic ring is 1. The fourth-order valence-corrected chi connectivity index (χ4v) is 1.81. The lowest BCUT2D eigenvalue weighted by atomic mass is 10.2. The molecule has 1 unspecified atom stereocenters. The number of anilines is 1. The molecule has 20 heavy (non-hydrogen) atoms. The van der Waals surface area contributed by atoms with E-state index in [1.54, 1.807) is 6.92 Å². The van der Waals surface area contributed by atoms with Crippen LogP contribution in [0.5, 0.6) is 0 Å². The van der Waals surface area contributed by atoms with Crippen LogP contribution in [0.25, 0.3) is 0 Å². The van der Waals surface area contributed by atoms with E-state index in [-0.39, 0.29) is 28.5 Å². The molecule has 2 rings (SSSR count). The number of nitrogens with two attached hydrogens (primary N) is 1. The van der Waals surface area contributed by atoms with Crippen LogP contribution in [0.1, 0.15) is 30.1 Å². The van der Waals surface area contributed by atoms with Crippen molar-refractivity contribution in [3.05, 3.63) is 22.8 Å². The van der Waals surface area contributed by atoms with E-state index in [1.807, 2.05) is 0 Å². The van der Waals surface area contributed by atoms with Crippen LogP contribution in [-0.4, -0.2) is 28.9 Å². The second-order valence-electron chi connectivity index (χ2n) is 4.69. The van der Waals surface area contributed by atoms with Crippen molar-refractivity contribution in [2.24, 2.45) is 5.84 Å². The summed E-state index contributed by atoms with van der Waals surface area (Å²) in [7, 11) is 0. The molecule has 1 aromatic heterocycles. The summed E-state index contributed by atoms with van der Waals surface area (Å²) >= 11 is 5.78. The van der Waals surface area contributed by atoms with Gasteiger partial charge in [-0.25, -0.2) is 10.8 Å². The Morgan fingerprint density at radius 3 is 2.75 bits per heavy atom. The van der Waals surface area contributed by atoms with Gasteiger partial charge in [-0.05, 0) is 31.9 Å². The van der Waals surface area contributed by atoms with Crippen molar-refractivity contribution in [1.29, 1.82) is 0 Å². The smallest absolute Gasteiger partial charge is 0.252 e. The second kappa shape index (κ2) is 6.06. The average molecular weight is 298 g/mol. The summed E-state index contributed by atoms with van der Waals surface area (Å²) in [6, 6.07) is 2.49. The Bertz CT molecular complexity index is 533. The number of amides is 2. The quantitative estimate of drug-likeness (QED) is 0.358. The Hall–Kier alpha value is -1.86. The largest absolute Gasteiger partial charge is 0.352 e. The summed E-state index contributed by atoms with van der Waals surface area (Å²) in [4.78, 5) is 27.7. The van der Waals surface area contributed by atoms with Gasteiger partial charge in [0.15, 0.2) is 0 Å². The molecule has 5 N–H and O–H groups in total. The van der Waals surface area contributed by atoms with Gasteiger partial charge in [-0.15, -0.1) is 0 Å². The minimum absolute atomic E-state index is 0.140. The highest BCUT2D eigenvalue weighted by Crippen LogP contribution is 2.18. The van der Waals surface area contributed by atoms with Gasteiger partial charge in [0.25, 0.3) is 5.91 Å². The van der Waals surface area contributed by atoms with Gasteiger partial charge in [-0.3, -0.25) is 9.59 Å². The average Bonchev–Trinajstić information content (AvgIpc) is 3.21. The lowest BCUT2D eigenvalue weighted by molar-refractivity contribution is -0.122. The topological polar surface area (TPSA) is 109 Å². The molecule has 0 spiro atoms. The molecule has 1 fully saturated rings. The molecule has 7 nitrogen and oxygen atoms in total. The summed E-state index contributed by atoms with van der Waals surface area (Å²) < 4.78 is 0. The van der Waals surface area contributed by atoms with Crippen molar-refractivity contribution in [2.75, 3.05) is 5.43 Å². The maximum absolute atomic E-state index is 12.0. The number of carbonyl (C=O) groups is 2. The molecule has 8 heteroatoms. The minimum atomic E-state index is -0.621. The summed E-state index contributed by atoms with van der Waals surface area (Å²) in [5.41, 5.74) is 2.60. The fraction of sp³-hybridized carbons (Fsp3) is 0.417. The third-order valence-corrected chi connectivity index (χ3v) is 3.06. The number of hydrogen-bond acceptors (Lipinski definition) is 5. The molecular formula is C12H16ClN5O2. The highest BCUT2D eigenvalue weighted by atomic mass is 35.5. The molecule has 1 aliphatic carbocycles. The van der Waals surface area contributed by atoms with Gasteiger partial charge in [-0.2, -0.15) is 0 Å². The first kappa shape index (κ1) is 14.5. The monoisotopic (exact) mass is 297 g/mol. The van der Waals surface area contributed by atoms with E-state index in [2.05, 4.69) is 21.0 Å². The van der Waals surface area contributed by atoms with Crippen LogP contribution in [0, 0.1) is 0 Å². The predicted octanol–water partition coefficient (Wildman–Crippen LogP) is 0.417. The standard InChI is InChI=1S/C12H16ClN5O2/c1-6(11(19)16-8-2-3-8)15-12(20)7-4-9(13)17-10(5-7)18-14/h4-6,8H,2-3,14H2,1H3,(H,15,20)(H,16,19)(H,17,18). The molecule has 1 heterocycles. The van der Waals surface area contributed by atoms with Crippen molar-refractivity contribution < 1.29 is 9.59 Å². The number of rotatable bonds is 5. The molecule has 108 valence electrons. The van der Waals surface area contributed by atoms with Gasteiger partial charge in [0.2, 0.25) is 5.91 Å². The van der Waals surface area contributed by atoms with E-state index in [1.165, 1.54) is 12.1 Å². The molecule has 0 saturated heterocycles. The molecule has 0 radical (unpaired) electrons. The van der Waals surface area contributed by atoms with Crippen molar-refractivity contribution in [2.45, 2.75) is 31.8 Å². The van der Waals surface area contributed by atoms with Gasteiger partial charge < -0.3 is 16.1 Å². The third kappa shape index (κ3) is 3.82. The van der Waals surface area contributed by atoms with Crippen molar-refractivity contribution in [1.82, 2.24) is 15.6 Å². The van der Waals surface area contributed by atoms with Gasteiger partial charge in [0, 0.05) is 11.6 Å². The summed E-state index contributed by atoms with van der Waals surface area (Å²) in [5.74, 6) is 4.90. The first-order chi connectivity index (χ1) is 9.49. The number of pyridine rings is 1. The molecule has 1 aliphatic rings. The normalized spacial score (nSPS) is 15.3. The molecule has 2 amide bonds. The fourth-order valence-electron chi connectivity index (χ4n) is 1.60. The maximum atomic E-state index is 12.0. The molecular weight excluding hydrogens is 282 g/mol. The Labute approximate surface area is 121 Å². The Morgan fingerprint density at radius 1 is 1.45 bits per heavy atom. The van der Waals surface area contributed by atoms with Crippen LogP contribution in [0.3, 0.4) is 0 Å². The Morgan fingerprint density at radius 2 is 2.15 bits per heavy atom. The molecule has 0 bridgehead atoms. The number of carbonyl (C=O) groups excluding carboxylic acids is 2. The van der Waals surface area contributed by atoms with E-state index in [0.29, 0.717) is 0 Å². The number of halogens is 1. The van der Waals surface area contributed by atoms with E-state index in [9.17, 15) is 9.59 Å². The zero-order valence-corrected chi connectivity index (χ0v) is 11.7. The van der Waals surface area contributed by atoms with Crippen LogP contribution in [0.2, 0.25) is 5.15 Å². The highest BCUT2D eigenvalue weighted by Gasteiger charge is 2.26. The van der Waals surface area contributed by atoms with Crippen LogP contribution < -0.4 is 21.9 Å². The van der Waals surface area contributed by atoms with Crippen LogP contribution in [-0.2, 0) is 4.79 Å². The molecule has 0 aromatic carbocycles. The molecule has 1 saturated carbocycles. The van der Waals surface area contributed by atoms with Crippen molar-refractivity contribution in [3.63, 3.8) is 0 Å². The lowest BCUT2D eigenvalue weighted by Gasteiger charge is -2.14. The molecule has 0 aliphatic heterocycles. The van der Waals surface area contributed by atoms with Crippen molar-refractivity contribution in [3.8, 4) is 0 Å². The lowest BCUT2D eigenvalue weighted by Crippen LogP contribution is -2.45. The highest BCUT2D eigenvalue weighted by molar-refractivity contribution is 6.29.